The lowest BCUT2D eigenvalue weighted by Gasteiger charge is -2.19. The number of ether oxygens (including phenoxy) is 1. The first kappa shape index (κ1) is 20.5. The van der Waals surface area contributed by atoms with Crippen LogP contribution in [0.25, 0.3) is 0 Å². The van der Waals surface area contributed by atoms with Crippen molar-refractivity contribution in [3.63, 3.8) is 0 Å². The van der Waals surface area contributed by atoms with Crippen LogP contribution in [0.2, 0.25) is 10.0 Å². The Morgan fingerprint density at radius 3 is 2.40 bits per heavy atom. The second kappa shape index (κ2) is 8.52. The quantitative estimate of drug-likeness (QED) is 0.525. The smallest absolute Gasteiger partial charge is 0.196 e. The standard InChI is InChI=1S/C22H17Cl2FN2O3/c23-18-9-15(27-8-7-26-12-27)10-19(24)22(18)30-16-5-6-20(28)17(11-16)21(29)13-1-3-14(25)4-2-13/h1-6,9-11,26,28H,7-8,12H2. The van der Waals surface area contributed by atoms with E-state index in [0.29, 0.717) is 16.7 Å². The van der Waals surface area contributed by atoms with Crippen molar-refractivity contribution < 1.29 is 19.0 Å². The molecular formula is C22H17Cl2FN2O3. The summed E-state index contributed by atoms with van der Waals surface area (Å²) < 4.78 is 19.0. The van der Waals surface area contributed by atoms with Crippen LogP contribution in [0.1, 0.15) is 15.9 Å². The van der Waals surface area contributed by atoms with Gasteiger partial charge < -0.3 is 14.7 Å². The molecule has 4 rings (SSSR count). The van der Waals surface area contributed by atoms with Crippen molar-refractivity contribution in [1.82, 2.24) is 5.32 Å². The Balaban J connectivity index is 1.62. The molecule has 1 aliphatic rings. The molecule has 1 saturated heterocycles. The number of phenols is 1. The second-order valence-corrected chi connectivity index (χ2v) is 7.59. The van der Waals surface area contributed by atoms with E-state index in [9.17, 15) is 14.3 Å². The molecule has 0 atom stereocenters. The Hall–Kier alpha value is -2.80. The number of rotatable bonds is 5. The molecule has 8 heteroatoms. The molecule has 0 aromatic heterocycles. The summed E-state index contributed by atoms with van der Waals surface area (Å²) in [6.07, 6.45) is 0. The summed E-state index contributed by atoms with van der Waals surface area (Å²) in [4.78, 5) is 14.8. The van der Waals surface area contributed by atoms with Gasteiger partial charge in [0.15, 0.2) is 11.5 Å². The molecule has 0 amide bonds. The normalized spacial score (nSPS) is 13.5. The Morgan fingerprint density at radius 2 is 1.77 bits per heavy atom. The van der Waals surface area contributed by atoms with Crippen LogP contribution in [-0.4, -0.2) is 30.6 Å². The summed E-state index contributed by atoms with van der Waals surface area (Å²) in [6, 6.07) is 12.8. The number of carbonyl (C=O) groups excluding carboxylic acids is 1. The number of hydrogen-bond donors (Lipinski definition) is 2. The number of phenolic OH excluding ortho intramolecular Hbond substituents is 1. The van der Waals surface area contributed by atoms with E-state index in [-0.39, 0.29) is 28.4 Å². The van der Waals surface area contributed by atoms with E-state index in [0.717, 1.165) is 18.8 Å². The van der Waals surface area contributed by atoms with Crippen molar-refractivity contribution in [2.24, 2.45) is 0 Å². The van der Waals surface area contributed by atoms with Crippen LogP contribution < -0.4 is 15.0 Å². The maximum Gasteiger partial charge on any atom is 0.196 e. The molecule has 1 heterocycles. The molecule has 2 N–H and O–H groups in total. The van der Waals surface area contributed by atoms with Crippen LogP contribution in [0.15, 0.2) is 54.6 Å². The molecule has 3 aromatic rings. The van der Waals surface area contributed by atoms with E-state index in [1.165, 1.54) is 42.5 Å². The van der Waals surface area contributed by atoms with Crippen molar-refractivity contribution >= 4 is 34.7 Å². The van der Waals surface area contributed by atoms with Gasteiger partial charge in [0.05, 0.1) is 22.3 Å². The lowest BCUT2D eigenvalue weighted by Crippen LogP contribution is -2.20. The van der Waals surface area contributed by atoms with Gasteiger partial charge in [0, 0.05) is 24.3 Å². The van der Waals surface area contributed by atoms with Gasteiger partial charge in [-0.3, -0.25) is 10.1 Å². The molecule has 0 unspecified atom stereocenters. The van der Waals surface area contributed by atoms with Crippen molar-refractivity contribution in [3.05, 3.63) is 81.6 Å². The second-order valence-electron chi connectivity index (χ2n) is 6.78. The molecule has 0 aliphatic carbocycles. The van der Waals surface area contributed by atoms with E-state index in [2.05, 4.69) is 10.2 Å². The Labute approximate surface area is 182 Å². The molecule has 30 heavy (non-hydrogen) atoms. The number of benzene rings is 3. The van der Waals surface area contributed by atoms with E-state index < -0.39 is 11.6 Å². The molecule has 0 bridgehead atoms. The molecule has 5 nitrogen and oxygen atoms in total. The first-order valence-electron chi connectivity index (χ1n) is 9.18. The Kier molecular flexibility index (Phi) is 5.81. The average Bonchev–Trinajstić information content (AvgIpc) is 3.27. The SMILES string of the molecule is O=C(c1ccc(F)cc1)c1cc(Oc2c(Cl)cc(N3CCNC3)cc2Cl)ccc1O. The maximum atomic E-state index is 13.1. The van der Waals surface area contributed by atoms with E-state index in [1.807, 2.05) is 0 Å². The molecule has 1 aliphatic heterocycles. The van der Waals surface area contributed by atoms with Gasteiger partial charge >= 0.3 is 0 Å². The zero-order chi connectivity index (χ0) is 21.3. The van der Waals surface area contributed by atoms with E-state index >= 15 is 0 Å². The van der Waals surface area contributed by atoms with E-state index in [1.54, 1.807) is 12.1 Å². The summed E-state index contributed by atoms with van der Waals surface area (Å²) >= 11 is 12.8. The van der Waals surface area contributed by atoms with Crippen LogP contribution in [0, 0.1) is 5.82 Å². The molecule has 3 aromatic carbocycles. The number of hydrogen-bond acceptors (Lipinski definition) is 5. The third kappa shape index (κ3) is 4.21. The van der Waals surface area contributed by atoms with Gasteiger partial charge in [-0.05, 0) is 54.6 Å². The first-order valence-corrected chi connectivity index (χ1v) is 9.94. The zero-order valence-corrected chi connectivity index (χ0v) is 17.2. The summed E-state index contributed by atoms with van der Waals surface area (Å²) in [6.45, 7) is 2.44. The monoisotopic (exact) mass is 446 g/mol. The minimum Gasteiger partial charge on any atom is -0.507 e. The predicted molar refractivity (Wildman–Crippen MR) is 115 cm³/mol. The van der Waals surface area contributed by atoms with Crippen molar-refractivity contribution in [2.45, 2.75) is 0 Å². The van der Waals surface area contributed by atoms with Crippen molar-refractivity contribution in [3.8, 4) is 17.2 Å². The number of aromatic hydroxyl groups is 1. The predicted octanol–water partition coefficient (Wildman–Crippen LogP) is 5.23. The summed E-state index contributed by atoms with van der Waals surface area (Å²) in [5.74, 6) is -0.610. The summed E-state index contributed by atoms with van der Waals surface area (Å²) in [7, 11) is 0. The van der Waals surface area contributed by atoms with Crippen LogP contribution >= 0.6 is 23.2 Å². The van der Waals surface area contributed by atoms with Gasteiger partial charge in [-0.1, -0.05) is 23.2 Å². The minimum absolute atomic E-state index is 0.0196. The van der Waals surface area contributed by atoms with Crippen LogP contribution in [-0.2, 0) is 0 Å². The molecule has 0 spiro atoms. The fourth-order valence-electron chi connectivity index (χ4n) is 3.19. The largest absolute Gasteiger partial charge is 0.507 e. The lowest BCUT2D eigenvalue weighted by atomic mass is 10.0. The van der Waals surface area contributed by atoms with Gasteiger partial charge in [0.1, 0.15) is 17.3 Å². The number of carbonyl (C=O) groups is 1. The third-order valence-corrected chi connectivity index (χ3v) is 5.31. The number of halogens is 3. The topological polar surface area (TPSA) is 61.8 Å². The molecule has 154 valence electrons. The molecule has 1 fully saturated rings. The van der Waals surface area contributed by atoms with Crippen molar-refractivity contribution in [1.29, 1.82) is 0 Å². The van der Waals surface area contributed by atoms with Gasteiger partial charge in [0.2, 0.25) is 0 Å². The zero-order valence-electron chi connectivity index (χ0n) is 15.7. The van der Waals surface area contributed by atoms with Crippen LogP contribution in [0.5, 0.6) is 17.2 Å². The van der Waals surface area contributed by atoms with Gasteiger partial charge in [0.25, 0.3) is 0 Å². The number of ketones is 1. The first-order chi connectivity index (χ1) is 14.4. The highest BCUT2D eigenvalue weighted by atomic mass is 35.5. The Morgan fingerprint density at radius 1 is 1.07 bits per heavy atom. The molecular weight excluding hydrogens is 430 g/mol. The fourth-order valence-corrected chi connectivity index (χ4v) is 3.74. The fraction of sp³-hybridized carbons (Fsp3) is 0.136. The van der Waals surface area contributed by atoms with Crippen LogP contribution in [0.4, 0.5) is 10.1 Å². The minimum atomic E-state index is -0.466. The summed E-state index contributed by atoms with van der Waals surface area (Å²) in [5, 5.41) is 14.0. The average molecular weight is 447 g/mol. The lowest BCUT2D eigenvalue weighted by molar-refractivity contribution is 0.103. The summed E-state index contributed by atoms with van der Waals surface area (Å²) in [5.41, 5.74) is 1.13. The van der Waals surface area contributed by atoms with Gasteiger partial charge in [-0.25, -0.2) is 4.39 Å². The number of nitrogens with zero attached hydrogens (tertiary/aromatic N) is 1. The molecule has 0 saturated carbocycles. The maximum absolute atomic E-state index is 13.1. The highest BCUT2D eigenvalue weighted by molar-refractivity contribution is 6.37. The van der Waals surface area contributed by atoms with Gasteiger partial charge in [-0.2, -0.15) is 0 Å². The van der Waals surface area contributed by atoms with Crippen molar-refractivity contribution in [2.75, 3.05) is 24.7 Å². The highest BCUT2D eigenvalue weighted by Crippen LogP contribution is 2.40. The third-order valence-electron chi connectivity index (χ3n) is 4.75. The number of anilines is 1. The number of nitrogens with one attached hydrogen (secondary N) is 1. The Bertz CT molecular complexity index is 1080. The van der Waals surface area contributed by atoms with Gasteiger partial charge in [-0.15, -0.1) is 0 Å². The molecule has 0 radical (unpaired) electrons. The van der Waals surface area contributed by atoms with E-state index in [4.69, 9.17) is 27.9 Å². The highest BCUT2D eigenvalue weighted by Gasteiger charge is 2.19. The van der Waals surface area contributed by atoms with Crippen LogP contribution in [0.3, 0.4) is 0 Å².